The van der Waals surface area contributed by atoms with Crippen molar-refractivity contribution in [2.75, 3.05) is 5.32 Å². The van der Waals surface area contributed by atoms with Gasteiger partial charge in [0, 0.05) is 23.6 Å². The van der Waals surface area contributed by atoms with Gasteiger partial charge in [0.2, 0.25) is 0 Å². The standard InChI is InChI=1S/C14H19N5S/c1-8(2)19-7-11(6-16-19)18-12-5-9(3)17-10(4)13(12)14(15)20/h5-8H,1-4H3,(H2,15,20)(H,17,18). The second-order valence-corrected chi connectivity index (χ2v) is 5.50. The lowest BCUT2D eigenvalue weighted by Gasteiger charge is -2.13. The maximum absolute atomic E-state index is 5.80. The molecule has 2 aromatic rings. The molecule has 2 heterocycles. The number of nitrogens with two attached hydrogens (primary N) is 1. The highest BCUT2D eigenvalue weighted by atomic mass is 32.1. The molecule has 20 heavy (non-hydrogen) atoms. The number of rotatable bonds is 4. The molecule has 0 aliphatic heterocycles. The van der Waals surface area contributed by atoms with Gasteiger partial charge in [0.25, 0.3) is 0 Å². The first kappa shape index (κ1) is 14.5. The van der Waals surface area contributed by atoms with Crippen molar-refractivity contribution in [3.63, 3.8) is 0 Å². The zero-order valence-electron chi connectivity index (χ0n) is 12.1. The van der Waals surface area contributed by atoms with Gasteiger partial charge in [0.05, 0.1) is 23.1 Å². The van der Waals surface area contributed by atoms with Crippen molar-refractivity contribution >= 4 is 28.6 Å². The Morgan fingerprint density at radius 2 is 2.10 bits per heavy atom. The minimum absolute atomic E-state index is 0.321. The summed E-state index contributed by atoms with van der Waals surface area (Å²) in [4.78, 5) is 4.74. The predicted molar refractivity (Wildman–Crippen MR) is 85.5 cm³/mol. The Morgan fingerprint density at radius 1 is 1.40 bits per heavy atom. The molecule has 0 unspecified atom stereocenters. The third-order valence-electron chi connectivity index (χ3n) is 2.98. The van der Waals surface area contributed by atoms with Crippen LogP contribution in [0.3, 0.4) is 0 Å². The quantitative estimate of drug-likeness (QED) is 0.847. The molecule has 5 nitrogen and oxygen atoms in total. The number of anilines is 2. The molecule has 0 aliphatic rings. The molecule has 0 spiro atoms. The van der Waals surface area contributed by atoms with Crippen molar-refractivity contribution in [1.82, 2.24) is 14.8 Å². The van der Waals surface area contributed by atoms with Crippen molar-refractivity contribution in [2.24, 2.45) is 5.73 Å². The second-order valence-electron chi connectivity index (χ2n) is 5.06. The Balaban J connectivity index is 2.39. The molecule has 2 rings (SSSR count). The molecule has 0 atom stereocenters. The third-order valence-corrected chi connectivity index (χ3v) is 3.19. The molecule has 0 saturated heterocycles. The molecular weight excluding hydrogens is 270 g/mol. The Bertz CT molecular complexity index is 645. The van der Waals surface area contributed by atoms with Gasteiger partial charge >= 0.3 is 0 Å². The van der Waals surface area contributed by atoms with Gasteiger partial charge in [-0.3, -0.25) is 9.67 Å². The lowest BCUT2D eigenvalue weighted by Crippen LogP contribution is -2.15. The number of nitrogens with one attached hydrogen (secondary N) is 1. The summed E-state index contributed by atoms with van der Waals surface area (Å²) in [5.41, 5.74) is 10.1. The normalized spacial score (nSPS) is 10.8. The predicted octanol–water partition coefficient (Wildman–Crippen LogP) is 2.85. The van der Waals surface area contributed by atoms with E-state index in [0.29, 0.717) is 11.0 Å². The number of thiocarbonyl (C=S) groups is 1. The van der Waals surface area contributed by atoms with Crippen LogP contribution in [0.1, 0.15) is 36.8 Å². The zero-order valence-corrected chi connectivity index (χ0v) is 13.0. The topological polar surface area (TPSA) is 68.8 Å². The number of hydrogen-bond acceptors (Lipinski definition) is 4. The van der Waals surface area contributed by atoms with E-state index in [9.17, 15) is 0 Å². The number of hydrogen-bond donors (Lipinski definition) is 2. The van der Waals surface area contributed by atoms with Crippen molar-refractivity contribution in [1.29, 1.82) is 0 Å². The average Bonchev–Trinajstić information content (AvgIpc) is 2.75. The minimum Gasteiger partial charge on any atom is -0.389 e. The van der Waals surface area contributed by atoms with Crippen LogP contribution in [0.15, 0.2) is 18.5 Å². The van der Waals surface area contributed by atoms with Gasteiger partial charge in [-0.05, 0) is 33.8 Å². The molecular formula is C14H19N5S. The van der Waals surface area contributed by atoms with Crippen molar-refractivity contribution in [2.45, 2.75) is 33.7 Å². The first-order valence-corrected chi connectivity index (χ1v) is 6.88. The zero-order chi connectivity index (χ0) is 14.9. The number of aryl methyl sites for hydroxylation is 2. The van der Waals surface area contributed by atoms with E-state index < -0.39 is 0 Å². The molecule has 3 N–H and O–H groups in total. The van der Waals surface area contributed by atoms with Gasteiger partial charge in [0.1, 0.15) is 4.99 Å². The average molecular weight is 289 g/mol. The van der Waals surface area contributed by atoms with E-state index >= 15 is 0 Å². The van der Waals surface area contributed by atoms with Crippen molar-refractivity contribution in [3.8, 4) is 0 Å². The fourth-order valence-corrected chi connectivity index (χ4v) is 2.34. The van der Waals surface area contributed by atoms with E-state index in [2.05, 4.69) is 29.2 Å². The van der Waals surface area contributed by atoms with Crippen LogP contribution in [0.2, 0.25) is 0 Å². The minimum atomic E-state index is 0.321. The number of aromatic nitrogens is 3. The van der Waals surface area contributed by atoms with Crippen LogP contribution in [0.25, 0.3) is 0 Å². The molecule has 106 valence electrons. The van der Waals surface area contributed by atoms with Crippen LogP contribution < -0.4 is 11.1 Å². The van der Waals surface area contributed by atoms with E-state index in [-0.39, 0.29) is 0 Å². The Kier molecular flexibility index (Phi) is 4.04. The highest BCUT2D eigenvalue weighted by Gasteiger charge is 2.12. The smallest absolute Gasteiger partial charge is 0.107 e. The fourth-order valence-electron chi connectivity index (χ4n) is 2.08. The molecule has 0 saturated carbocycles. The summed E-state index contributed by atoms with van der Waals surface area (Å²) in [6.07, 6.45) is 3.74. The van der Waals surface area contributed by atoms with E-state index in [4.69, 9.17) is 18.0 Å². The molecule has 0 aromatic carbocycles. The van der Waals surface area contributed by atoms with E-state index in [1.807, 2.05) is 30.8 Å². The van der Waals surface area contributed by atoms with Crippen LogP contribution in [0.4, 0.5) is 11.4 Å². The molecule has 0 amide bonds. The molecule has 0 bridgehead atoms. The molecule has 2 aromatic heterocycles. The van der Waals surface area contributed by atoms with E-state index in [1.54, 1.807) is 6.20 Å². The van der Waals surface area contributed by atoms with Gasteiger partial charge in [-0.25, -0.2) is 0 Å². The monoisotopic (exact) mass is 289 g/mol. The van der Waals surface area contributed by atoms with Crippen LogP contribution >= 0.6 is 12.2 Å². The lowest BCUT2D eigenvalue weighted by atomic mass is 10.1. The first-order valence-electron chi connectivity index (χ1n) is 6.47. The summed E-state index contributed by atoms with van der Waals surface area (Å²) < 4.78 is 1.89. The second kappa shape index (κ2) is 5.58. The Labute approximate surface area is 124 Å². The molecule has 0 fully saturated rings. The van der Waals surface area contributed by atoms with Crippen molar-refractivity contribution in [3.05, 3.63) is 35.4 Å². The first-order chi connectivity index (χ1) is 9.38. The van der Waals surface area contributed by atoms with E-state index in [1.165, 1.54) is 0 Å². The summed E-state index contributed by atoms with van der Waals surface area (Å²) in [5, 5.41) is 7.63. The van der Waals surface area contributed by atoms with Gasteiger partial charge < -0.3 is 11.1 Å². The van der Waals surface area contributed by atoms with Crippen LogP contribution in [-0.2, 0) is 0 Å². The highest BCUT2D eigenvalue weighted by Crippen LogP contribution is 2.24. The van der Waals surface area contributed by atoms with Crippen LogP contribution in [-0.4, -0.2) is 19.8 Å². The highest BCUT2D eigenvalue weighted by molar-refractivity contribution is 7.80. The number of nitrogens with zero attached hydrogens (tertiary/aromatic N) is 3. The summed E-state index contributed by atoms with van der Waals surface area (Å²) in [6.45, 7) is 8.01. The SMILES string of the molecule is Cc1cc(Nc2cnn(C(C)C)c2)c(C(N)=S)c(C)n1. The summed E-state index contributed by atoms with van der Waals surface area (Å²) in [7, 11) is 0. The van der Waals surface area contributed by atoms with E-state index in [0.717, 1.165) is 28.3 Å². The lowest BCUT2D eigenvalue weighted by molar-refractivity contribution is 0.532. The van der Waals surface area contributed by atoms with Crippen LogP contribution in [0, 0.1) is 13.8 Å². The maximum atomic E-state index is 5.80. The molecule has 6 heteroatoms. The largest absolute Gasteiger partial charge is 0.389 e. The van der Waals surface area contributed by atoms with Crippen molar-refractivity contribution < 1.29 is 0 Å². The third kappa shape index (κ3) is 2.96. The Hall–Kier alpha value is -1.95. The summed E-state index contributed by atoms with van der Waals surface area (Å²) >= 11 is 5.12. The summed E-state index contributed by atoms with van der Waals surface area (Å²) in [5.74, 6) is 0. The van der Waals surface area contributed by atoms with Gasteiger partial charge in [-0.15, -0.1) is 0 Å². The molecule has 0 aliphatic carbocycles. The fraction of sp³-hybridized carbons (Fsp3) is 0.357. The number of pyridine rings is 1. The van der Waals surface area contributed by atoms with Gasteiger partial charge in [-0.2, -0.15) is 5.10 Å². The summed E-state index contributed by atoms with van der Waals surface area (Å²) in [6, 6.07) is 2.26. The Morgan fingerprint density at radius 3 is 2.65 bits per heavy atom. The maximum Gasteiger partial charge on any atom is 0.107 e. The van der Waals surface area contributed by atoms with Gasteiger partial charge in [-0.1, -0.05) is 12.2 Å². The van der Waals surface area contributed by atoms with Crippen LogP contribution in [0.5, 0.6) is 0 Å². The van der Waals surface area contributed by atoms with Gasteiger partial charge in [0.15, 0.2) is 0 Å². The molecule has 0 radical (unpaired) electrons.